The Morgan fingerprint density at radius 3 is 2.71 bits per heavy atom. The van der Waals surface area contributed by atoms with Gasteiger partial charge >= 0.3 is 0 Å². The molecule has 42 valence electrons. The van der Waals surface area contributed by atoms with Crippen LogP contribution in [0.1, 0.15) is 0 Å². The Hall–Kier alpha value is 0.0300. The smallest absolute Gasteiger partial charge is 0.234 e. The van der Waals surface area contributed by atoms with Crippen LogP contribution in [-0.2, 0) is 16.0 Å². The van der Waals surface area contributed by atoms with Gasteiger partial charge in [0.25, 0.3) is 0 Å². The summed E-state index contributed by atoms with van der Waals surface area (Å²) in [5.41, 5.74) is 0. The van der Waals surface area contributed by atoms with E-state index >= 15 is 0 Å². The maximum atomic E-state index is 9.77. The fraction of sp³-hybridized carbons (Fsp3) is 1.00. The average Bonchev–Trinajstić information content (AvgIpc) is 2.17. The van der Waals surface area contributed by atoms with Crippen LogP contribution in [-0.4, -0.2) is 21.6 Å². The van der Waals surface area contributed by atoms with Crippen LogP contribution in [0.4, 0.5) is 0 Å². The van der Waals surface area contributed by atoms with E-state index in [0.29, 0.717) is 6.61 Å². The number of hydrogen-bond acceptors (Lipinski definition) is 2. The Kier molecular flexibility index (Phi) is 1.38. The highest BCUT2D eigenvalue weighted by Crippen LogP contribution is 2.02. The molecule has 1 fully saturated rings. The molecule has 0 aromatic carbocycles. The van der Waals surface area contributed by atoms with E-state index in [9.17, 15) is 4.21 Å². The van der Waals surface area contributed by atoms with E-state index in [1.54, 1.807) is 0 Å². The second kappa shape index (κ2) is 1.87. The minimum absolute atomic E-state index is 0.175. The van der Waals surface area contributed by atoms with Crippen LogP contribution in [0.25, 0.3) is 0 Å². The lowest BCUT2D eigenvalue weighted by molar-refractivity contribution is 0.394. The van der Waals surface area contributed by atoms with Crippen molar-refractivity contribution in [1.82, 2.24) is 4.72 Å². The minimum Gasteiger partial charge on any atom is -0.356 e. The molecule has 0 saturated carbocycles. The molecule has 0 aromatic rings. The highest BCUT2D eigenvalue weighted by Gasteiger charge is 2.23. The third kappa shape index (κ3) is 1.98. The predicted molar refractivity (Wildman–Crippen MR) is 23.6 cm³/mol. The van der Waals surface area contributed by atoms with Crippen molar-refractivity contribution >= 4 is 11.3 Å². The molecule has 1 saturated heterocycles. The van der Waals surface area contributed by atoms with Crippen molar-refractivity contribution in [2.75, 3.05) is 6.61 Å². The van der Waals surface area contributed by atoms with Crippen LogP contribution in [0, 0.1) is 0 Å². The Balaban J connectivity index is 2.08. The standard InChI is InChI=1S/C2H5NO3S/c4-7(5)3-2-1-6-2/h2-3H,1H2,(H,4,5). The Labute approximate surface area is 43.3 Å². The van der Waals surface area contributed by atoms with Crippen molar-refractivity contribution in [3.05, 3.63) is 0 Å². The molecular formula is C2H5NO3S. The van der Waals surface area contributed by atoms with Crippen LogP contribution in [0.3, 0.4) is 0 Å². The van der Waals surface area contributed by atoms with Crippen molar-refractivity contribution in [2.45, 2.75) is 6.23 Å². The first-order valence-corrected chi connectivity index (χ1v) is 2.88. The van der Waals surface area contributed by atoms with Gasteiger partial charge in [0.15, 0.2) is 0 Å². The number of rotatable bonds is 2. The average molecular weight is 123 g/mol. The summed E-state index contributed by atoms with van der Waals surface area (Å²) in [5.74, 6) is 0. The number of ether oxygens (including phenoxy) is 1. The molecular weight excluding hydrogens is 118 g/mol. The maximum Gasteiger partial charge on any atom is 0.234 e. The molecule has 0 aliphatic carbocycles. The summed E-state index contributed by atoms with van der Waals surface area (Å²) in [5, 5.41) is 0. The molecule has 1 aliphatic heterocycles. The second-order valence-electron chi connectivity index (χ2n) is 1.19. The SMILES string of the molecule is O=S(O)NC1CO1. The lowest BCUT2D eigenvalue weighted by Gasteiger charge is -1.86. The topological polar surface area (TPSA) is 61.9 Å². The Morgan fingerprint density at radius 2 is 2.57 bits per heavy atom. The summed E-state index contributed by atoms with van der Waals surface area (Å²) in [4.78, 5) is 0. The zero-order valence-corrected chi connectivity index (χ0v) is 4.27. The summed E-state index contributed by atoms with van der Waals surface area (Å²) in [6.07, 6.45) is -0.175. The minimum atomic E-state index is -1.91. The zero-order chi connectivity index (χ0) is 5.28. The number of nitrogens with one attached hydrogen (secondary N) is 1. The highest BCUT2D eigenvalue weighted by atomic mass is 32.2. The summed E-state index contributed by atoms with van der Waals surface area (Å²) >= 11 is -1.91. The molecule has 0 aromatic heterocycles. The van der Waals surface area contributed by atoms with Gasteiger partial charge in [0.1, 0.15) is 6.23 Å². The zero-order valence-electron chi connectivity index (χ0n) is 3.46. The van der Waals surface area contributed by atoms with Gasteiger partial charge in [0.2, 0.25) is 11.3 Å². The van der Waals surface area contributed by atoms with Crippen LogP contribution in [0.2, 0.25) is 0 Å². The van der Waals surface area contributed by atoms with E-state index < -0.39 is 11.3 Å². The lowest BCUT2D eigenvalue weighted by Crippen LogP contribution is -2.18. The molecule has 2 N–H and O–H groups in total. The van der Waals surface area contributed by atoms with Crippen molar-refractivity contribution in [2.24, 2.45) is 0 Å². The lowest BCUT2D eigenvalue weighted by atomic mass is 10.8. The van der Waals surface area contributed by atoms with Gasteiger partial charge in [-0.05, 0) is 0 Å². The van der Waals surface area contributed by atoms with Crippen LogP contribution >= 0.6 is 0 Å². The molecule has 0 radical (unpaired) electrons. The molecule has 0 spiro atoms. The second-order valence-corrected chi connectivity index (χ2v) is 1.92. The van der Waals surface area contributed by atoms with Gasteiger partial charge in [-0.3, -0.25) is 4.55 Å². The van der Waals surface area contributed by atoms with Crippen molar-refractivity contribution in [3.63, 3.8) is 0 Å². The van der Waals surface area contributed by atoms with Gasteiger partial charge in [-0.25, -0.2) is 4.21 Å². The van der Waals surface area contributed by atoms with Crippen molar-refractivity contribution in [1.29, 1.82) is 0 Å². The number of epoxide rings is 1. The van der Waals surface area contributed by atoms with Gasteiger partial charge in [-0.15, -0.1) is 0 Å². The molecule has 2 unspecified atom stereocenters. The summed E-state index contributed by atoms with van der Waals surface area (Å²) in [6, 6.07) is 0. The van der Waals surface area contributed by atoms with Gasteiger partial charge < -0.3 is 4.74 Å². The molecule has 1 rings (SSSR count). The van der Waals surface area contributed by atoms with E-state index in [1.807, 2.05) is 0 Å². The molecule has 4 nitrogen and oxygen atoms in total. The van der Waals surface area contributed by atoms with E-state index in [1.165, 1.54) is 0 Å². The third-order valence-corrected chi connectivity index (χ3v) is 1.03. The van der Waals surface area contributed by atoms with Crippen molar-refractivity contribution in [3.8, 4) is 0 Å². The van der Waals surface area contributed by atoms with Crippen molar-refractivity contribution < 1.29 is 13.5 Å². The molecule has 0 bridgehead atoms. The fourth-order valence-corrected chi connectivity index (χ4v) is 0.590. The molecule has 7 heavy (non-hydrogen) atoms. The largest absolute Gasteiger partial charge is 0.356 e. The fourth-order valence-electron chi connectivity index (χ4n) is 0.229. The normalized spacial score (nSPS) is 32.4. The Bertz CT molecular complexity index is 90.9. The van der Waals surface area contributed by atoms with E-state index in [-0.39, 0.29) is 6.23 Å². The molecule has 1 aliphatic rings. The summed E-state index contributed by atoms with van der Waals surface area (Å²) in [6.45, 7) is 0.548. The third-order valence-electron chi connectivity index (χ3n) is 0.566. The molecule has 5 heteroatoms. The van der Waals surface area contributed by atoms with Gasteiger partial charge in [-0.2, -0.15) is 4.72 Å². The summed E-state index contributed by atoms with van der Waals surface area (Å²) < 4.78 is 24.6. The van der Waals surface area contributed by atoms with E-state index in [4.69, 9.17) is 4.55 Å². The van der Waals surface area contributed by atoms with Gasteiger partial charge in [0.05, 0.1) is 6.61 Å². The van der Waals surface area contributed by atoms with Gasteiger partial charge in [-0.1, -0.05) is 0 Å². The summed E-state index contributed by atoms with van der Waals surface area (Å²) in [7, 11) is 0. The van der Waals surface area contributed by atoms with Crippen LogP contribution in [0.5, 0.6) is 0 Å². The number of hydrogen-bond donors (Lipinski definition) is 2. The molecule has 2 atom stereocenters. The predicted octanol–water partition coefficient (Wildman–Crippen LogP) is -0.931. The molecule has 0 amide bonds. The first-order valence-electron chi connectivity index (χ1n) is 1.77. The van der Waals surface area contributed by atoms with E-state index in [2.05, 4.69) is 9.46 Å². The maximum absolute atomic E-state index is 9.77. The van der Waals surface area contributed by atoms with Crippen LogP contribution < -0.4 is 4.72 Å². The Morgan fingerprint density at radius 1 is 2.00 bits per heavy atom. The first kappa shape index (κ1) is 5.17. The quantitative estimate of drug-likeness (QED) is 0.368. The van der Waals surface area contributed by atoms with Crippen LogP contribution in [0.15, 0.2) is 0 Å². The van der Waals surface area contributed by atoms with E-state index in [0.717, 1.165) is 0 Å². The first-order chi connectivity index (χ1) is 3.29. The van der Waals surface area contributed by atoms with Gasteiger partial charge in [0, 0.05) is 0 Å². The highest BCUT2D eigenvalue weighted by molar-refractivity contribution is 7.77. The monoisotopic (exact) mass is 123 g/mol. The molecule has 1 heterocycles.